The first-order valence-electron chi connectivity index (χ1n) is 8.48. The van der Waals surface area contributed by atoms with Gasteiger partial charge in [0.15, 0.2) is 0 Å². The van der Waals surface area contributed by atoms with Gasteiger partial charge in [-0.05, 0) is 12.1 Å². The van der Waals surface area contributed by atoms with Gasteiger partial charge in [-0.2, -0.15) is 0 Å². The van der Waals surface area contributed by atoms with Crippen LogP contribution < -0.4 is 10.2 Å². The normalized spacial score (nSPS) is 16.5. The molecule has 1 aromatic carbocycles. The van der Waals surface area contributed by atoms with Gasteiger partial charge in [0.2, 0.25) is 17.8 Å². The van der Waals surface area contributed by atoms with Crippen molar-refractivity contribution in [3.05, 3.63) is 42.2 Å². The summed E-state index contributed by atoms with van der Waals surface area (Å²) in [5.74, 6) is 0.341. The van der Waals surface area contributed by atoms with Crippen molar-refractivity contribution >= 4 is 29.1 Å². The summed E-state index contributed by atoms with van der Waals surface area (Å²) in [7, 11) is 0. The summed E-state index contributed by atoms with van der Waals surface area (Å²) in [4.78, 5) is 35.7. The predicted molar refractivity (Wildman–Crippen MR) is 93.6 cm³/mol. The van der Waals surface area contributed by atoms with Crippen LogP contribution in [0.3, 0.4) is 0 Å². The van der Waals surface area contributed by atoms with E-state index in [0.717, 1.165) is 30.0 Å². The van der Waals surface area contributed by atoms with Gasteiger partial charge >= 0.3 is 0 Å². The summed E-state index contributed by atoms with van der Waals surface area (Å²) in [6.45, 7) is 1.70. The molecule has 25 heavy (non-hydrogen) atoms. The Hall–Kier alpha value is -2.96. The van der Waals surface area contributed by atoms with Gasteiger partial charge in [0.25, 0.3) is 0 Å². The number of carbonyl (C=O) groups is 2. The number of anilines is 3. The number of nitrogens with one attached hydrogen (secondary N) is 1. The van der Waals surface area contributed by atoms with Gasteiger partial charge in [-0.1, -0.05) is 18.2 Å². The average molecular weight is 337 g/mol. The molecular weight excluding hydrogens is 318 g/mol. The number of benzene rings is 1. The number of para-hydroxylation sites is 1. The van der Waals surface area contributed by atoms with E-state index in [1.807, 2.05) is 24.4 Å². The first-order chi connectivity index (χ1) is 12.2. The lowest BCUT2D eigenvalue weighted by Gasteiger charge is -2.19. The van der Waals surface area contributed by atoms with Gasteiger partial charge in [0.05, 0.1) is 17.6 Å². The smallest absolute Gasteiger partial charge is 0.229 e. The highest BCUT2D eigenvalue weighted by molar-refractivity contribution is 6.01. The second kappa shape index (κ2) is 6.51. The van der Waals surface area contributed by atoms with E-state index in [0.29, 0.717) is 31.9 Å². The van der Waals surface area contributed by atoms with E-state index in [-0.39, 0.29) is 11.8 Å². The standard InChI is InChI=1S/C18H19N5O2/c24-16-6-7-17(25)23(16)11-9-19-18-20-12-15-14(21-18)8-10-22(15)13-4-2-1-3-5-13/h1-5,12H,6-11H2,(H,19,20,21). The first kappa shape index (κ1) is 15.6. The zero-order valence-corrected chi connectivity index (χ0v) is 13.8. The van der Waals surface area contributed by atoms with Crippen LogP contribution in [0, 0.1) is 0 Å². The third-order valence-electron chi connectivity index (χ3n) is 4.55. The summed E-state index contributed by atoms with van der Waals surface area (Å²) < 4.78 is 0. The molecule has 2 aromatic rings. The van der Waals surface area contributed by atoms with Gasteiger partial charge in [0, 0.05) is 44.6 Å². The molecule has 2 aliphatic heterocycles. The van der Waals surface area contributed by atoms with Crippen molar-refractivity contribution in [3.63, 3.8) is 0 Å². The van der Waals surface area contributed by atoms with Crippen LogP contribution in [0.4, 0.5) is 17.3 Å². The van der Waals surface area contributed by atoms with Gasteiger partial charge in [-0.15, -0.1) is 0 Å². The van der Waals surface area contributed by atoms with Crippen molar-refractivity contribution in [2.75, 3.05) is 29.9 Å². The summed E-state index contributed by atoms with van der Waals surface area (Å²) >= 11 is 0. The molecule has 0 spiro atoms. The molecule has 128 valence electrons. The van der Waals surface area contributed by atoms with Crippen LogP contribution in [0.5, 0.6) is 0 Å². The molecule has 1 N–H and O–H groups in total. The Morgan fingerprint density at radius 1 is 1.04 bits per heavy atom. The Bertz CT molecular complexity index is 792. The van der Waals surface area contributed by atoms with Crippen LogP contribution in [0.1, 0.15) is 18.5 Å². The number of imide groups is 1. The number of rotatable bonds is 5. The molecule has 3 heterocycles. The van der Waals surface area contributed by atoms with E-state index >= 15 is 0 Å². The van der Waals surface area contributed by atoms with E-state index in [2.05, 4.69) is 32.3 Å². The second-order valence-electron chi connectivity index (χ2n) is 6.13. The van der Waals surface area contributed by atoms with E-state index in [1.54, 1.807) is 0 Å². The minimum absolute atomic E-state index is 0.0971. The molecule has 0 unspecified atom stereocenters. The summed E-state index contributed by atoms with van der Waals surface area (Å²) in [6.07, 6.45) is 3.34. The highest BCUT2D eigenvalue weighted by atomic mass is 16.2. The van der Waals surface area contributed by atoms with Crippen molar-refractivity contribution in [3.8, 4) is 0 Å². The summed E-state index contributed by atoms with van der Waals surface area (Å²) in [5.41, 5.74) is 3.17. The van der Waals surface area contributed by atoms with Crippen LogP contribution >= 0.6 is 0 Å². The fourth-order valence-electron chi connectivity index (χ4n) is 3.27. The topological polar surface area (TPSA) is 78.4 Å². The summed E-state index contributed by atoms with van der Waals surface area (Å²) in [5, 5.41) is 3.11. The maximum atomic E-state index is 11.6. The highest BCUT2D eigenvalue weighted by Gasteiger charge is 2.28. The zero-order valence-electron chi connectivity index (χ0n) is 13.8. The molecule has 7 heteroatoms. The molecule has 7 nitrogen and oxygen atoms in total. The first-order valence-corrected chi connectivity index (χ1v) is 8.48. The maximum absolute atomic E-state index is 11.6. The molecule has 0 aliphatic carbocycles. The number of fused-ring (bicyclic) bond motifs is 1. The van der Waals surface area contributed by atoms with Gasteiger partial charge in [-0.3, -0.25) is 14.5 Å². The SMILES string of the molecule is O=C1CCC(=O)N1CCNc1ncc2c(n1)CCN2c1ccccc1. The lowest BCUT2D eigenvalue weighted by atomic mass is 10.3. The highest BCUT2D eigenvalue weighted by Crippen LogP contribution is 2.33. The largest absolute Gasteiger partial charge is 0.352 e. The number of likely N-dealkylation sites (tertiary alicyclic amines) is 1. The fraction of sp³-hybridized carbons (Fsp3) is 0.333. The molecule has 1 saturated heterocycles. The van der Waals surface area contributed by atoms with Gasteiger partial charge < -0.3 is 10.2 Å². The van der Waals surface area contributed by atoms with Crippen molar-refractivity contribution < 1.29 is 9.59 Å². The quantitative estimate of drug-likeness (QED) is 0.837. The minimum atomic E-state index is -0.0971. The van der Waals surface area contributed by atoms with Crippen LogP contribution in [0.2, 0.25) is 0 Å². The molecular formula is C18H19N5O2. The van der Waals surface area contributed by atoms with Gasteiger partial charge in [0.1, 0.15) is 0 Å². The Kier molecular flexibility index (Phi) is 4.05. The van der Waals surface area contributed by atoms with Crippen molar-refractivity contribution in [2.45, 2.75) is 19.3 Å². The monoisotopic (exact) mass is 337 g/mol. The second-order valence-corrected chi connectivity index (χ2v) is 6.13. The minimum Gasteiger partial charge on any atom is -0.352 e. The van der Waals surface area contributed by atoms with E-state index < -0.39 is 0 Å². The zero-order chi connectivity index (χ0) is 17.2. The van der Waals surface area contributed by atoms with Crippen LogP contribution in [0.25, 0.3) is 0 Å². The number of carbonyl (C=O) groups excluding carboxylic acids is 2. The average Bonchev–Trinajstić information content (AvgIpc) is 3.20. The molecule has 0 atom stereocenters. The van der Waals surface area contributed by atoms with Gasteiger partial charge in [-0.25, -0.2) is 9.97 Å². The Labute approximate surface area is 145 Å². The number of hydrogen-bond acceptors (Lipinski definition) is 6. The fourth-order valence-corrected chi connectivity index (χ4v) is 3.27. The van der Waals surface area contributed by atoms with Crippen molar-refractivity contribution in [2.24, 2.45) is 0 Å². The molecule has 2 amide bonds. The Balaban J connectivity index is 1.41. The third kappa shape index (κ3) is 3.05. The van der Waals surface area contributed by atoms with E-state index in [9.17, 15) is 9.59 Å². The maximum Gasteiger partial charge on any atom is 0.229 e. The van der Waals surface area contributed by atoms with Crippen LogP contribution in [-0.2, 0) is 16.0 Å². The Morgan fingerprint density at radius 3 is 2.56 bits per heavy atom. The molecule has 4 rings (SSSR count). The Morgan fingerprint density at radius 2 is 1.80 bits per heavy atom. The molecule has 0 radical (unpaired) electrons. The van der Waals surface area contributed by atoms with Crippen molar-refractivity contribution in [1.29, 1.82) is 0 Å². The number of hydrogen-bond donors (Lipinski definition) is 1. The summed E-state index contributed by atoms with van der Waals surface area (Å²) in [6, 6.07) is 10.2. The van der Waals surface area contributed by atoms with E-state index in [4.69, 9.17) is 0 Å². The lowest BCUT2D eigenvalue weighted by Crippen LogP contribution is -2.33. The molecule has 1 aromatic heterocycles. The predicted octanol–water partition coefficient (Wildman–Crippen LogP) is 1.73. The molecule has 0 saturated carbocycles. The van der Waals surface area contributed by atoms with Crippen molar-refractivity contribution in [1.82, 2.24) is 14.9 Å². The number of aromatic nitrogens is 2. The third-order valence-corrected chi connectivity index (χ3v) is 4.55. The molecule has 2 aliphatic rings. The molecule has 1 fully saturated rings. The van der Waals surface area contributed by atoms with Crippen LogP contribution in [-0.4, -0.2) is 46.3 Å². The van der Waals surface area contributed by atoms with E-state index in [1.165, 1.54) is 4.90 Å². The molecule has 0 bridgehead atoms. The number of nitrogens with zero attached hydrogens (tertiary/aromatic N) is 4. The number of amides is 2. The van der Waals surface area contributed by atoms with Crippen LogP contribution in [0.15, 0.2) is 36.5 Å². The lowest BCUT2D eigenvalue weighted by molar-refractivity contribution is -0.138.